The number of amides is 3. The largest absolute Gasteiger partial charge is 0.493 e. The zero-order valence-electron chi connectivity index (χ0n) is 28.3. The first-order valence-corrected chi connectivity index (χ1v) is 17.0. The van der Waals surface area contributed by atoms with Crippen LogP contribution in [0.2, 0.25) is 0 Å². The van der Waals surface area contributed by atoms with Gasteiger partial charge in [-0.05, 0) is 56.8 Å². The van der Waals surface area contributed by atoms with E-state index in [1.807, 2.05) is 6.07 Å². The molecule has 4 rings (SSSR count). The molecular weight excluding hydrogens is 588 g/mol. The normalized spacial score (nSPS) is 17.7. The maximum atomic E-state index is 12.3. The first kappa shape index (κ1) is 40.7. The predicted molar refractivity (Wildman–Crippen MR) is 179 cm³/mol. The van der Waals surface area contributed by atoms with Gasteiger partial charge >= 0.3 is 0 Å². The number of nitrogens with two attached hydrogens (primary N) is 1. The molecule has 2 aliphatic carbocycles. The van der Waals surface area contributed by atoms with E-state index < -0.39 is 17.8 Å². The third-order valence-electron chi connectivity index (χ3n) is 7.92. The van der Waals surface area contributed by atoms with Crippen LogP contribution in [0.15, 0.2) is 24.3 Å². The van der Waals surface area contributed by atoms with E-state index in [0.717, 1.165) is 30.6 Å². The predicted octanol–water partition coefficient (Wildman–Crippen LogP) is 3.48. The van der Waals surface area contributed by atoms with Crippen molar-refractivity contribution in [2.75, 3.05) is 33.3 Å². The van der Waals surface area contributed by atoms with Crippen LogP contribution < -0.4 is 21.1 Å². The first-order chi connectivity index (χ1) is 22.1. The number of piperidine rings is 1. The Morgan fingerprint density at radius 3 is 2.15 bits per heavy atom. The van der Waals surface area contributed by atoms with Crippen LogP contribution in [-0.4, -0.2) is 85.2 Å². The molecule has 260 valence electrons. The van der Waals surface area contributed by atoms with E-state index in [4.69, 9.17) is 4.74 Å². The number of carbonyl (C=O) groups excluding carboxylic acids is 5. The summed E-state index contributed by atoms with van der Waals surface area (Å²) in [7, 11) is 1.57. The van der Waals surface area contributed by atoms with Crippen LogP contribution in [0, 0.1) is 5.92 Å². The second kappa shape index (κ2) is 24.9. The fourth-order valence-electron chi connectivity index (χ4n) is 4.86. The van der Waals surface area contributed by atoms with Gasteiger partial charge in [-0.1, -0.05) is 76.8 Å². The van der Waals surface area contributed by atoms with Gasteiger partial charge in [0.15, 0.2) is 0 Å². The molecule has 2 atom stereocenters. The Morgan fingerprint density at radius 1 is 1.02 bits per heavy atom. The number of hydrogen-bond acceptors (Lipinski definition) is 8. The molecule has 1 aromatic rings. The van der Waals surface area contributed by atoms with Crippen LogP contribution in [0.3, 0.4) is 0 Å². The number of hydrogen-bond donors (Lipinski definition) is 4. The summed E-state index contributed by atoms with van der Waals surface area (Å²) in [5, 5.41) is 14.4. The molecular formula is C35H58N4O7. The van der Waals surface area contributed by atoms with Gasteiger partial charge in [0.25, 0.3) is 5.91 Å². The van der Waals surface area contributed by atoms with E-state index in [9.17, 15) is 29.1 Å². The van der Waals surface area contributed by atoms with Gasteiger partial charge in [-0.25, -0.2) is 0 Å². The van der Waals surface area contributed by atoms with E-state index in [2.05, 4.69) is 23.3 Å². The third-order valence-corrected chi connectivity index (χ3v) is 7.92. The van der Waals surface area contributed by atoms with Crippen molar-refractivity contribution in [2.24, 2.45) is 11.7 Å². The summed E-state index contributed by atoms with van der Waals surface area (Å²) in [6.07, 6.45) is 17.0. The first-order valence-electron chi connectivity index (χ1n) is 17.0. The number of carbonyl (C=O) groups is 5. The topological polar surface area (TPSA) is 168 Å². The van der Waals surface area contributed by atoms with Crippen LogP contribution in [0.1, 0.15) is 103 Å². The summed E-state index contributed by atoms with van der Waals surface area (Å²) >= 11 is 0. The van der Waals surface area contributed by atoms with Gasteiger partial charge in [0, 0.05) is 13.0 Å². The molecule has 0 bridgehead atoms. The maximum absolute atomic E-state index is 12.3. The molecule has 0 radical (unpaired) electrons. The molecule has 3 fully saturated rings. The number of nitrogens with one attached hydrogen (secondary N) is 2. The molecule has 46 heavy (non-hydrogen) atoms. The standard InChI is InChI=1S/C20H28N2O5.C6H12.C5H10.C4H8N2O2/c1-15(24)8-10-27-18-7-4-5-16(11-18)12-19(25)21-13-20(26)22-9-3-2-6-17(22)14-23;1-2-4-6-5-3-1;1-2-5-3-4-5;1-6-2-3(7)4(5)8/h4-5,7,11,14-15,17,24H,2-3,6,8-10,12-13H2,1H3,(H,21,25);1-6H2;5H,2-4H2,1H3;6H,2H2,1H3,(H2,5,8). The summed E-state index contributed by atoms with van der Waals surface area (Å²) < 4.78 is 5.56. The monoisotopic (exact) mass is 646 g/mol. The molecule has 0 spiro atoms. The van der Waals surface area contributed by atoms with E-state index in [1.165, 1.54) is 57.8 Å². The minimum Gasteiger partial charge on any atom is -0.493 e. The SMILES string of the molecule is C1CCCCC1.CC(O)CCOc1cccc(CC(=O)NCC(=O)N2CCCCC2C=O)c1.CCC1CC1.CNCC(=O)C(N)=O. The number of Topliss-reactive ketones (excluding diaryl/α,β-unsaturated/α-hetero) is 1. The van der Waals surface area contributed by atoms with E-state index >= 15 is 0 Å². The average Bonchev–Trinajstić information content (AvgIpc) is 3.91. The van der Waals surface area contributed by atoms with Crippen molar-refractivity contribution in [3.63, 3.8) is 0 Å². The van der Waals surface area contributed by atoms with Crippen molar-refractivity contribution in [2.45, 2.75) is 116 Å². The number of rotatable bonds is 13. The Morgan fingerprint density at radius 2 is 1.67 bits per heavy atom. The van der Waals surface area contributed by atoms with Gasteiger partial charge in [0.05, 0.1) is 38.3 Å². The minimum atomic E-state index is -0.889. The summed E-state index contributed by atoms with van der Waals surface area (Å²) in [4.78, 5) is 57.2. The number of ether oxygens (including phenoxy) is 1. The Bertz CT molecular complexity index is 1030. The Labute approximate surface area is 275 Å². The van der Waals surface area contributed by atoms with Crippen molar-refractivity contribution in [3.8, 4) is 5.75 Å². The lowest BCUT2D eigenvalue weighted by molar-refractivity contribution is -0.138. The molecule has 1 heterocycles. The molecule has 3 aliphatic rings. The number of likely N-dealkylation sites (tertiary alicyclic amines) is 1. The molecule has 0 aromatic heterocycles. The van der Waals surface area contributed by atoms with Gasteiger partial charge in [0.1, 0.15) is 12.0 Å². The van der Waals surface area contributed by atoms with Crippen molar-refractivity contribution in [1.82, 2.24) is 15.5 Å². The van der Waals surface area contributed by atoms with Crippen LogP contribution in [-0.2, 0) is 30.4 Å². The number of ketones is 1. The number of aliphatic hydroxyl groups is 1. The zero-order valence-corrected chi connectivity index (χ0v) is 28.3. The highest BCUT2D eigenvalue weighted by molar-refractivity contribution is 6.36. The number of aldehydes is 1. The van der Waals surface area contributed by atoms with Crippen molar-refractivity contribution >= 4 is 29.8 Å². The van der Waals surface area contributed by atoms with Crippen molar-refractivity contribution < 1.29 is 33.8 Å². The number of likely N-dealkylation sites (N-methyl/N-ethyl adjacent to an activating group) is 1. The lowest BCUT2D eigenvalue weighted by Gasteiger charge is -2.32. The highest BCUT2D eigenvalue weighted by atomic mass is 16.5. The summed E-state index contributed by atoms with van der Waals surface area (Å²) in [5.41, 5.74) is 5.37. The molecule has 2 saturated carbocycles. The van der Waals surface area contributed by atoms with Crippen LogP contribution in [0.25, 0.3) is 0 Å². The summed E-state index contributed by atoms with van der Waals surface area (Å²) in [5.74, 6) is -0.194. The van der Waals surface area contributed by atoms with Crippen molar-refractivity contribution in [3.05, 3.63) is 29.8 Å². The Hall–Kier alpha value is -3.31. The fraction of sp³-hybridized carbons (Fsp3) is 0.686. The lowest BCUT2D eigenvalue weighted by Crippen LogP contribution is -2.48. The molecule has 1 aliphatic heterocycles. The van der Waals surface area contributed by atoms with Crippen LogP contribution in [0.5, 0.6) is 5.75 Å². The van der Waals surface area contributed by atoms with Gasteiger partial charge in [0.2, 0.25) is 17.6 Å². The van der Waals surface area contributed by atoms with Crippen molar-refractivity contribution in [1.29, 1.82) is 0 Å². The van der Waals surface area contributed by atoms with Gasteiger partial charge in [-0.15, -0.1) is 0 Å². The molecule has 11 heteroatoms. The Balaban J connectivity index is 0.000000444. The zero-order chi connectivity index (χ0) is 34.2. The smallest absolute Gasteiger partial charge is 0.286 e. The second-order valence-corrected chi connectivity index (χ2v) is 12.2. The highest BCUT2D eigenvalue weighted by Gasteiger charge is 2.26. The minimum absolute atomic E-state index is 0.0231. The number of aliphatic hydroxyl groups excluding tert-OH is 1. The van der Waals surface area contributed by atoms with Gasteiger partial charge in [-0.3, -0.25) is 19.2 Å². The van der Waals surface area contributed by atoms with E-state index in [-0.39, 0.29) is 37.4 Å². The number of primary amides is 1. The second-order valence-electron chi connectivity index (χ2n) is 12.2. The fourth-order valence-corrected chi connectivity index (χ4v) is 4.86. The summed E-state index contributed by atoms with van der Waals surface area (Å²) in [6, 6.07) is 6.81. The highest BCUT2D eigenvalue weighted by Crippen LogP contribution is 2.31. The van der Waals surface area contributed by atoms with E-state index in [0.29, 0.717) is 31.7 Å². The molecule has 11 nitrogen and oxygen atoms in total. The number of benzene rings is 1. The molecule has 5 N–H and O–H groups in total. The average molecular weight is 647 g/mol. The summed E-state index contributed by atoms with van der Waals surface area (Å²) in [6.45, 7) is 4.84. The quantitative estimate of drug-likeness (QED) is 0.187. The third kappa shape index (κ3) is 19.9. The van der Waals surface area contributed by atoms with Gasteiger partial charge in [-0.2, -0.15) is 0 Å². The molecule has 1 aromatic carbocycles. The molecule has 3 amide bonds. The lowest BCUT2D eigenvalue weighted by atomic mass is 10.0. The van der Waals surface area contributed by atoms with E-state index in [1.54, 1.807) is 37.1 Å². The molecule has 1 saturated heterocycles. The van der Waals surface area contributed by atoms with Crippen LogP contribution >= 0.6 is 0 Å². The Kier molecular flexibility index (Phi) is 22.0. The number of nitrogens with zero attached hydrogens (tertiary/aromatic N) is 1. The van der Waals surface area contributed by atoms with Crippen LogP contribution in [0.4, 0.5) is 0 Å². The van der Waals surface area contributed by atoms with Gasteiger partial charge < -0.3 is 35.9 Å². The molecule has 2 unspecified atom stereocenters. The maximum Gasteiger partial charge on any atom is 0.286 e.